The number of pyridine rings is 1. The van der Waals surface area contributed by atoms with Gasteiger partial charge in [0.25, 0.3) is 5.91 Å². The van der Waals surface area contributed by atoms with Crippen LogP contribution in [0.25, 0.3) is 0 Å². The number of anilines is 1. The first-order valence-corrected chi connectivity index (χ1v) is 8.51. The number of carbonyl (C=O) groups excluding carboxylic acids is 1. The molecule has 0 saturated heterocycles. The van der Waals surface area contributed by atoms with Crippen molar-refractivity contribution in [2.75, 3.05) is 11.6 Å². The number of hydrogen-bond acceptors (Lipinski definition) is 4. The maximum Gasteiger partial charge on any atom is 0.255 e. The number of benzene rings is 1. The van der Waals surface area contributed by atoms with E-state index in [0.29, 0.717) is 11.3 Å². The van der Waals surface area contributed by atoms with Crippen molar-refractivity contribution in [3.63, 3.8) is 0 Å². The number of carbonyl (C=O) groups is 1. The van der Waals surface area contributed by atoms with Gasteiger partial charge in [-0.3, -0.25) is 9.78 Å². The first kappa shape index (κ1) is 16.1. The summed E-state index contributed by atoms with van der Waals surface area (Å²) in [5.41, 5.74) is 2.59. The van der Waals surface area contributed by atoms with E-state index in [1.54, 1.807) is 12.1 Å². The van der Waals surface area contributed by atoms with Crippen molar-refractivity contribution in [3.8, 4) is 0 Å². The van der Waals surface area contributed by atoms with Gasteiger partial charge in [0.2, 0.25) is 10.0 Å². The van der Waals surface area contributed by atoms with Crippen LogP contribution >= 0.6 is 0 Å². The molecule has 0 aliphatic rings. The molecule has 0 aliphatic carbocycles. The highest BCUT2D eigenvalue weighted by Crippen LogP contribution is 2.14. The topological polar surface area (TPSA) is 88.2 Å². The number of hydrogen-bond donors (Lipinski definition) is 2. The molecule has 0 unspecified atom stereocenters. The molecule has 0 fully saturated rings. The van der Waals surface area contributed by atoms with Crippen LogP contribution in [0, 0.1) is 6.92 Å². The van der Waals surface area contributed by atoms with E-state index in [4.69, 9.17) is 0 Å². The number of nitrogens with zero attached hydrogens (tertiary/aromatic N) is 1. The second-order valence-corrected chi connectivity index (χ2v) is 6.73. The second kappa shape index (κ2) is 6.67. The van der Waals surface area contributed by atoms with Crippen LogP contribution in [0.2, 0.25) is 0 Å². The number of aromatic nitrogens is 1. The van der Waals surface area contributed by atoms with E-state index in [9.17, 15) is 13.2 Å². The largest absolute Gasteiger partial charge is 0.322 e. The molecule has 0 atom stereocenters. The molecule has 0 spiro atoms. The lowest BCUT2D eigenvalue weighted by Crippen LogP contribution is -2.22. The normalized spacial score (nSPS) is 11.2. The minimum atomic E-state index is -3.30. The molecular weight excluding hydrogens is 302 g/mol. The van der Waals surface area contributed by atoms with E-state index in [2.05, 4.69) is 15.0 Å². The van der Waals surface area contributed by atoms with Gasteiger partial charge in [-0.1, -0.05) is 18.2 Å². The molecule has 7 heteroatoms. The van der Waals surface area contributed by atoms with Crippen LogP contribution in [0.1, 0.15) is 21.6 Å². The summed E-state index contributed by atoms with van der Waals surface area (Å²) in [5.74, 6) is -0.266. The van der Waals surface area contributed by atoms with Gasteiger partial charge < -0.3 is 5.32 Å². The van der Waals surface area contributed by atoms with Crippen molar-refractivity contribution in [1.82, 2.24) is 9.71 Å². The average Bonchev–Trinajstić information content (AvgIpc) is 2.47. The average molecular weight is 319 g/mol. The van der Waals surface area contributed by atoms with E-state index < -0.39 is 10.0 Å². The third-order valence-corrected chi connectivity index (χ3v) is 3.66. The smallest absolute Gasteiger partial charge is 0.255 e. The number of aryl methyl sites for hydroxylation is 1. The molecule has 1 aromatic heterocycles. The van der Waals surface area contributed by atoms with Gasteiger partial charge in [0, 0.05) is 17.4 Å². The Morgan fingerprint density at radius 2 is 1.95 bits per heavy atom. The minimum absolute atomic E-state index is 0.0460. The fourth-order valence-electron chi connectivity index (χ4n) is 1.83. The molecule has 0 saturated carbocycles. The van der Waals surface area contributed by atoms with Crippen LogP contribution in [0.5, 0.6) is 0 Å². The maximum absolute atomic E-state index is 12.2. The lowest BCUT2D eigenvalue weighted by molar-refractivity contribution is 0.102. The number of amides is 1. The molecule has 2 aromatic rings. The summed E-state index contributed by atoms with van der Waals surface area (Å²) in [7, 11) is -3.30. The van der Waals surface area contributed by atoms with Gasteiger partial charge >= 0.3 is 0 Å². The third-order valence-electron chi connectivity index (χ3n) is 2.99. The Morgan fingerprint density at radius 1 is 1.23 bits per heavy atom. The molecule has 1 heterocycles. The Kier molecular flexibility index (Phi) is 4.89. The fourth-order valence-corrected chi connectivity index (χ4v) is 2.24. The molecule has 2 N–H and O–H groups in total. The maximum atomic E-state index is 12.2. The lowest BCUT2D eigenvalue weighted by Gasteiger charge is -2.09. The van der Waals surface area contributed by atoms with Gasteiger partial charge in [0.1, 0.15) is 0 Å². The van der Waals surface area contributed by atoms with Crippen LogP contribution in [0.4, 0.5) is 5.69 Å². The van der Waals surface area contributed by atoms with Crippen LogP contribution in [-0.4, -0.2) is 25.6 Å². The SMILES string of the molecule is Cc1ccccc1NC(=O)c1ccnc(CNS(C)(=O)=O)c1. The van der Waals surface area contributed by atoms with Gasteiger partial charge in [-0.25, -0.2) is 13.1 Å². The molecular formula is C15H17N3O3S. The molecule has 0 radical (unpaired) electrons. The molecule has 6 nitrogen and oxygen atoms in total. The predicted molar refractivity (Wildman–Crippen MR) is 85.1 cm³/mol. The zero-order chi connectivity index (χ0) is 16.2. The zero-order valence-electron chi connectivity index (χ0n) is 12.3. The Morgan fingerprint density at radius 3 is 2.64 bits per heavy atom. The standard InChI is InChI=1S/C15H17N3O3S/c1-11-5-3-4-6-14(11)18-15(19)12-7-8-16-13(9-12)10-17-22(2,20)21/h3-9,17H,10H2,1-2H3,(H,18,19). The highest BCUT2D eigenvalue weighted by Gasteiger charge is 2.09. The van der Waals surface area contributed by atoms with Crippen molar-refractivity contribution >= 4 is 21.6 Å². The zero-order valence-corrected chi connectivity index (χ0v) is 13.1. The van der Waals surface area contributed by atoms with E-state index >= 15 is 0 Å². The predicted octanol–water partition coefficient (Wildman–Crippen LogP) is 1.69. The summed E-state index contributed by atoms with van der Waals surface area (Å²) in [4.78, 5) is 16.3. The summed E-state index contributed by atoms with van der Waals surface area (Å²) >= 11 is 0. The van der Waals surface area contributed by atoms with Gasteiger partial charge in [-0.05, 0) is 30.7 Å². The number of nitrogens with one attached hydrogen (secondary N) is 2. The summed E-state index contributed by atoms with van der Waals surface area (Å²) in [6, 6.07) is 10.6. The first-order chi connectivity index (χ1) is 10.3. The third kappa shape index (κ3) is 4.64. The Balaban J connectivity index is 2.12. The van der Waals surface area contributed by atoms with E-state index in [-0.39, 0.29) is 12.5 Å². The molecule has 2 rings (SSSR count). The molecule has 116 valence electrons. The van der Waals surface area contributed by atoms with E-state index in [1.807, 2.05) is 31.2 Å². The molecule has 1 aromatic carbocycles. The fraction of sp³-hybridized carbons (Fsp3) is 0.200. The van der Waals surface area contributed by atoms with E-state index in [1.165, 1.54) is 6.20 Å². The van der Waals surface area contributed by atoms with Crippen molar-refractivity contribution < 1.29 is 13.2 Å². The van der Waals surface area contributed by atoms with Gasteiger partial charge in [0.15, 0.2) is 0 Å². The molecule has 0 bridgehead atoms. The van der Waals surface area contributed by atoms with Crippen molar-refractivity contribution in [3.05, 3.63) is 59.4 Å². The number of sulfonamides is 1. The Hall–Kier alpha value is -2.25. The minimum Gasteiger partial charge on any atom is -0.322 e. The molecule has 22 heavy (non-hydrogen) atoms. The van der Waals surface area contributed by atoms with Crippen LogP contribution in [0.15, 0.2) is 42.6 Å². The first-order valence-electron chi connectivity index (χ1n) is 6.62. The van der Waals surface area contributed by atoms with Crippen molar-refractivity contribution in [2.24, 2.45) is 0 Å². The van der Waals surface area contributed by atoms with Crippen LogP contribution < -0.4 is 10.0 Å². The molecule has 1 amide bonds. The van der Waals surface area contributed by atoms with Crippen molar-refractivity contribution in [2.45, 2.75) is 13.5 Å². The number of para-hydroxylation sites is 1. The lowest BCUT2D eigenvalue weighted by atomic mass is 10.1. The van der Waals surface area contributed by atoms with Gasteiger partial charge in [0.05, 0.1) is 18.5 Å². The van der Waals surface area contributed by atoms with Crippen LogP contribution in [-0.2, 0) is 16.6 Å². The Bertz CT molecular complexity index is 788. The van der Waals surface area contributed by atoms with Crippen molar-refractivity contribution in [1.29, 1.82) is 0 Å². The number of rotatable bonds is 5. The summed E-state index contributed by atoms with van der Waals surface area (Å²) in [6.45, 7) is 1.95. The summed E-state index contributed by atoms with van der Waals surface area (Å²) < 4.78 is 24.5. The quantitative estimate of drug-likeness (QED) is 0.878. The van der Waals surface area contributed by atoms with Crippen LogP contribution in [0.3, 0.4) is 0 Å². The monoisotopic (exact) mass is 319 g/mol. The molecule has 0 aliphatic heterocycles. The second-order valence-electron chi connectivity index (χ2n) is 4.90. The highest BCUT2D eigenvalue weighted by atomic mass is 32.2. The highest BCUT2D eigenvalue weighted by molar-refractivity contribution is 7.88. The Labute approximate surface area is 129 Å². The summed E-state index contributed by atoms with van der Waals surface area (Å²) in [5, 5.41) is 2.82. The van der Waals surface area contributed by atoms with Gasteiger partial charge in [-0.2, -0.15) is 0 Å². The summed E-state index contributed by atoms with van der Waals surface area (Å²) in [6.07, 6.45) is 2.55. The van der Waals surface area contributed by atoms with E-state index in [0.717, 1.165) is 17.5 Å². The van der Waals surface area contributed by atoms with Gasteiger partial charge in [-0.15, -0.1) is 0 Å².